The molecule has 0 radical (unpaired) electrons. The number of anilines is 1. The van der Waals surface area contributed by atoms with Gasteiger partial charge in [0, 0.05) is 17.8 Å². The molecule has 0 unspecified atom stereocenters. The van der Waals surface area contributed by atoms with E-state index in [0.717, 1.165) is 56.4 Å². The lowest BCUT2D eigenvalue weighted by Gasteiger charge is -2.39. The van der Waals surface area contributed by atoms with Crippen LogP contribution in [0, 0.1) is 5.41 Å². The van der Waals surface area contributed by atoms with Crippen LogP contribution in [0.15, 0.2) is 48.5 Å². The molecule has 6 nitrogen and oxygen atoms in total. The number of sulfonamides is 1. The number of carbonyl (C=O) groups is 1. The van der Waals surface area contributed by atoms with E-state index in [1.165, 1.54) is 24.0 Å². The molecule has 36 heavy (non-hydrogen) atoms. The first-order valence-electron chi connectivity index (χ1n) is 13.3. The average Bonchev–Trinajstić information content (AvgIpc) is 3.12. The number of piperidine rings is 1. The number of aryl methyl sites for hydroxylation is 2. The first kappa shape index (κ1) is 25.4. The summed E-state index contributed by atoms with van der Waals surface area (Å²) in [5.74, 6) is 0.0723. The van der Waals surface area contributed by atoms with Crippen LogP contribution in [-0.4, -0.2) is 55.2 Å². The minimum Gasteiger partial charge on any atom is -0.325 e. The predicted octanol–water partition coefficient (Wildman–Crippen LogP) is 4.60. The number of hydrogen-bond donors (Lipinski definition) is 1. The van der Waals surface area contributed by atoms with Crippen LogP contribution in [-0.2, 0) is 33.4 Å². The molecule has 1 aliphatic carbocycles. The number of amides is 1. The second-order valence-corrected chi connectivity index (χ2v) is 13.6. The standard InChI is InChI=1S/C29H39N3O3S/c1-28(2)21-29(22-32(28)36(34,35)20-23-8-4-3-5-9-23)14-16-31(17-15-29)19-27(33)30-26-13-12-24-10-6-7-11-25(24)18-26/h3-5,8-9,12-13,18H,6-7,10-11,14-17,19-22H2,1-2H3,(H,30,33). The van der Waals surface area contributed by atoms with Crippen molar-refractivity contribution in [3.63, 3.8) is 0 Å². The average molecular weight is 510 g/mol. The molecular weight excluding hydrogens is 470 g/mol. The minimum absolute atomic E-state index is 0.0152. The minimum atomic E-state index is -3.41. The number of nitrogens with zero attached hydrogens (tertiary/aromatic N) is 2. The summed E-state index contributed by atoms with van der Waals surface area (Å²) in [7, 11) is -3.41. The molecule has 0 aromatic heterocycles. The predicted molar refractivity (Wildman–Crippen MR) is 144 cm³/mol. The normalized spacial score (nSPS) is 21.8. The van der Waals surface area contributed by atoms with Gasteiger partial charge in [0.2, 0.25) is 15.9 Å². The van der Waals surface area contributed by atoms with Gasteiger partial charge < -0.3 is 5.32 Å². The molecule has 1 spiro atoms. The van der Waals surface area contributed by atoms with Crippen molar-refractivity contribution in [2.24, 2.45) is 5.41 Å². The molecule has 3 aliphatic rings. The molecule has 0 saturated carbocycles. The fraction of sp³-hybridized carbons (Fsp3) is 0.552. The van der Waals surface area contributed by atoms with Crippen LogP contribution in [0.1, 0.15) is 62.6 Å². The van der Waals surface area contributed by atoms with E-state index in [0.29, 0.717) is 13.1 Å². The number of likely N-dealkylation sites (tertiary alicyclic amines) is 1. The summed E-state index contributed by atoms with van der Waals surface area (Å²) in [5.41, 5.74) is 4.09. The van der Waals surface area contributed by atoms with E-state index in [2.05, 4.69) is 36.2 Å². The summed E-state index contributed by atoms with van der Waals surface area (Å²) in [6.45, 7) is 6.71. The lowest BCUT2D eigenvalue weighted by molar-refractivity contribution is -0.117. The molecule has 5 rings (SSSR count). The topological polar surface area (TPSA) is 69.7 Å². The smallest absolute Gasteiger partial charge is 0.238 e. The lowest BCUT2D eigenvalue weighted by atomic mass is 9.74. The molecule has 194 valence electrons. The summed E-state index contributed by atoms with van der Waals surface area (Å²) >= 11 is 0. The van der Waals surface area contributed by atoms with Gasteiger partial charge in [-0.2, -0.15) is 4.31 Å². The van der Waals surface area contributed by atoms with Gasteiger partial charge in [0.15, 0.2) is 0 Å². The van der Waals surface area contributed by atoms with Crippen molar-refractivity contribution in [3.8, 4) is 0 Å². The van der Waals surface area contributed by atoms with Crippen LogP contribution in [0.5, 0.6) is 0 Å². The summed E-state index contributed by atoms with van der Waals surface area (Å²) in [4.78, 5) is 15.0. The van der Waals surface area contributed by atoms with Gasteiger partial charge >= 0.3 is 0 Å². The van der Waals surface area contributed by atoms with Crippen LogP contribution in [0.2, 0.25) is 0 Å². The molecule has 2 aliphatic heterocycles. The van der Waals surface area contributed by atoms with E-state index in [9.17, 15) is 13.2 Å². The molecule has 7 heteroatoms. The summed E-state index contributed by atoms with van der Waals surface area (Å²) in [6.07, 6.45) is 7.41. The van der Waals surface area contributed by atoms with Gasteiger partial charge in [-0.1, -0.05) is 36.4 Å². The second-order valence-electron chi connectivity index (χ2n) is 11.8. The summed E-state index contributed by atoms with van der Waals surface area (Å²) in [5, 5.41) is 3.10. The maximum absolute atomic E-state index is 13.4. The number of nitrogens with one attached hydrogen (secondary N) is 1. The fourth-order valence-electron chi connectivity index (χ4n) is 6.65. The Morgan fingerprint density at radius 1 is 0.972 bits per heavy atom. The van der Waals surface area contributed by atoms with Gasteiger partial charge in [-0.15, -0.1) is 0 Å². The van der Waals surface area contributed by atoms with Crippen LogP contribution in [0.3, 0.4) is 0 Å². The first-order chi connectivity index (χ1) is 17.1. The molecule has 2 aromatic rings. The van der Waals surface area contributed by atoms with E-state index in [1.807, 2.05) is 36.4 Å². The Kier molecular flexibility index (Phi) is 7.01. The molecular formula is C29H39N3O3S. The number of hydrogen-bond acceptors (Lipinski definition) is 4. The van der Waals surface area contributed by atoms with Crippen molar-refractivity contribution in [2.45, 2.75) is 70.1 Å². The molecule has 2 saturated heterocycles. The van der Waals surface area contributed by atoms with Crippen molar-refractivity contribution in [1.29, 1.82) is 0 Å². The van der Waals surface area contributed by atoms with E-state index >= 15 is 0 Å². The van der Waals surface area contributed by atoms with E-state index in [4.69, 9.17) is 0 Å². The van der Waals surface area contributed by atoms with E-state index in [-0.39, 0.29) is 17.1 Å². The van der Waals surface area contributed by atoms with Crippen molar-refractivity contribution in [3.05, 3.63) is 65.2 Å². The van der Waals surface area contributed by atoms with Gasteiger partial charge in [-0.05, 0) is 106 Å². The van der Waals surface area contributed by atoms with Crippen LogP contribution in [0.4, 0.5) is 5.69 Å². The SMILES string of the molecule is CC1(C)CC2(CCN(CC(=O)Nc3ccc4c(c3)CCCC4)CC2)CN1S(=O)(=O)Cc1ccccc1. The molecule has 0 bridgehead atoms. The van der Waals surface area contributed by atoms with Crippen LogP contribution < -0.4 is 5.32 Å². The van der Waals surface area contributed by atoms with Crippen molar-refractivity contribution in [1.82, 2.24) is 9.21 Å². The molecule has 2 fully saturated rings. The Hall–Kier alpha value is -2.22. The number of fused-ring (bicyclic) bond motifs is 1. The van der Waals surface area contributed by atoms with Gasteiger partial charge in [0.25, 0.3) is 0 Å². The molecule has 0 atom stereocenters. The highest BCUT2D eigenvalue weighted by Crippen LogP contribution is 2.49. The number of carbonyl (C=O) groups excluding carboxylic acids is 1. The molecule has 2 aromatic carbocycles. The summed E-state index contributed by atoms with van der Waals surface area (Å²) < 4.78 is 28.5. The zero-order valence-electron chi connectivity index (χ0n) is 21.6. The number of benzene rings is 2. The molecule has 1 N–H and O–H groups in total. The Morgan fingerprint density at radius 3 is 2.39 bits per heavy atom. The molecule has 1 amide bonds. The lowest BCUT2D eigenvalue weighted by Crippen LogP contribution is -2.45. The third-order valence-corrected chi connectivity index (χ3v) is 10.4. The summed E-state index contributed by atoms with van der Waals surface area (Å²) in [6, 6.07) is 15.8. The fourth-order valence-corrected chi connectivity index (χ4v) is 8.71. The van der Waals surface area contributed by atoms with Gasteiger partial charge in [0.05, 0.1) is 12.3 Å². The quantitative estimate of drug-likeness (QED) is 0.618. The van der Waals surface area contributed by atoms with Crippen molar-refractivity contribution >= 4 is 21.6 Å². The third-order valence-electron chi connectivity index (χ3n) is 8.41. The third kappa shape index (κ3) is 5.53. The van der Waals surface area contributed by atoms with Gasteiger partial charge in [-0.3, -0.25) is 9.69 Å². The van der Waals surface area contributed by atoms with Gasteiger partial charge in [0.1, 0.15) is 0 Å². The zero-order chi connectivity index (χ0) is 25.4. The van der Waals surface area contributed by atoms with Crippen molar-refractivity contribution in [2.75, 3.05) is 31.5 Å². The highest BCUT2D eigenvalue weighted by atomic mass is 32.2. The van der Waals surface area contributed by atoms with Crippen molar-refractivity contribution < 1.29 is 13.2 Å². The Morgan fingerprint density at radius 2 is 1.67 bits per heavy atom. The Bertz CT molecular complexity index is 1200. The number of rotatable bonds is 6. The Balaban J connectivity index is 1.17. The molecule has 2 heterocycles. The highest BCUT2D eigenvalue weighted by molar-refractivity contribution is 7.88. The first-order valence-corrected chi connectivity index (χ1v) is 14.9. The monoisotopic (exact) mass is 509 g/mol. The second kappa shape index (κ2) is 9.92. The Labute approximate surface area is 216 Å². The van der Waals surface area contributed by atoms with Gasteiger partial charge in [-0.25, -0.2) is 8.42 Å². The van der Waals surface area contributed by atoms with E-state index in [1.54, 1.807) is 4.31 Å². The maximum atomic E-state index is 13.4. The van der Waals surface area contributed by atoms with Crippen LogP contribution >= 0.6 is 0 Å². The van der Waals surface area contributed by atoms with Crippen LogP contribution in [0.25, 0.3) is 0 Å². The van der Waals surface area contributed by atoms with E-state index < -0.39 is 15.6 Å². The highest BCUT2D eigenvalue weighted by Gasteiger charge is 2.53. The largest absolute Gasteiger partial charge is 0.325 e. The zero-order valence-corrected chi connectivity index (χ0v) is 22.4. The maximum Gasteiger partial charge on any atom is 0.238 e.